The van der Waals surface area contributed by atoms with Crippen LogP contribution < -0.4 is 5.32 Å². The quantitative estimate of drug-likeness (QED) is 0.839. The van der Waals surface area contributed by atoms with Crippen molar-refractivity contribution in [3.05, 3.63) is 30.0 Å². The lowest BCUT2D eigenvalue weighted by molar-refractivity contribution is 0.0593. The molecule has 2 rings (SSSR count). The van der Waals surface area contributed by atoms with E-state index >= 15 is 0 Å². The van der Waals surface area contributed by atoms with Crippen molar-refractivity contribution < 1.29 is 9.53 Å². The van der Waals surface area contributed by atoms with Crippen molar-refractivity contribution in [1.82, 2.24) is 19.7 Å². The molecule has 0 radical (unpaired) electrons. The smallest absolute Gasteiger partial charge is 0.356 e. The minimum atomic E-state index is -0.486. The SMILES string of the molecule is CCCn1cc(Nc2cc(C(=O)OC)nc(C)n2)cn1. The molecule has 0 fully saturated rings. The zero-order valence-corrected chi connectivity index (χ0v) is 11.8. The van der Waals surface area contributed by atoms with Crippen LogP contribution in [0.25, 0.3) is 0 Å². The zero-order valence-electron chi connectivity index (χ0n) is 11.8. The van der Waals surface area contributed by atoms with E-state index in [1.807, 2.05) is 10.9 Å². The lowest BCUT2D eigenvalue weighted by Crippen LogP contribution is -2.08. The Morgan fingerprint density at radius 1 is 1.45 bits per heavy atom. The van der Waals surface area contributed by atoms with Gasteiger partial charge in [0.1, 0.15) is 11.6 Å². The molecule has 0 amide bonds. The van der Waals surface area contributed by atoms with E-state index in [-0.39, 0.29) is 5.69 Å². The number of methoxy groups -OCH3 is 1. The highest BCUT2D eigenvalue weighted by Crippen LogP contribution is 2.15. The fourth-order valence-electron chi connectivity index (χ4n) is 1.77. The third-order valence-corrected chi connectivity index (χ3v) is 2.59. The van der Waals surface area contributed by atoms with Gasteiger partial charge in [-0.05, 0) is 13.3 Å². The second kappa shape index (κ2) is 6.14. The maximum absolute atomic E-state index is 11.5. The molecule has 0 saturated heterocycles. The summed E-state index contributed by atoms with van der Waals surface area (Å²) in [6.07, 6.45) is 4.61. The average Bonchev–Trinajstić information content (AvgIpc) is 2.85. The Hall–Kier alpha value is -2.44. The van der Waals surface area contributed by atoms with Crippen LogP contribution in [0.15, 0.2) is 18.5 Å². The lowest BCUT2D eigenvalue weighted by atomic mass is 10.3. The van der Waals surface area contributed by atoms with Crippen LogP contribution in [-0.2, 0) is 11.3 Å². The summed E-state index contributed by atoms with van der Waals surface area (Å²) in [5, 5.41) is 7.32. The Kier molecular flexibility index (Phi) is 4.29. The third kappa shape index (κ3) is 3.31. The first-order chi connectivity index (χ1) is 9.62. The molecule has 0 aromatic carbocycles. The maximum atomic E-state index is 11.5. The first kappa shape index (κ1) is 14.0. The molecule has 1 N–H and O–H groups in total. The highest BCUT2D eigenvalue weighted by molar-refractivity contribution is 5.88. The molecule has 0 spiro atoms. The van der Waals surface area contributed by atoms with Crippen LogP contribution in [0.5, 0.6) is 0 Å². The molecule has 0 saturated carbocycles. The van der Waals surface area contributed by atoms with Gasteiger partial charge in [0.25, 0.3) is 0 Å². The van der Waals surface area contributed by atoms with Crippen LogP contribution in [0.1, 0.15) is 29.7 Å². The molecule has 0 unspecified atom stereocenters. The second-order valence-corrected chi connectivity index (χ2v) is 4.29. The Balaban J connectivity index is 2.19. The van der Waals surface area contributed by atoms with Gasteiger partial charge in [-0.1, -0.05) is 6.92 Å². The molecular formula is C13H17N5O2. The van der Waals surface area contributed by atoms with Gasteiger partial charge >= 0.3 is 5.97 Å². The van der Waals surface area contributed by atoms with Crippen LogP contribution in [-0.4, -0.2) is 32.8 Å². The molecule has 7 heteroatoms. The average molecular weight is 275 g/mol. The summed E-state index contributed by atoms with van der Waals surface area (Å²) < 4.78 is 6.50. The number of anilines is 2. The van der Waals surface area contributed by atoms with Crippen molar-refractivity contribution in [2.45, 2.75) is 26.8 Å². The summed E-state index contributed by atoms with van der Waals surface area (Å²) in [6, 6.07) is 1.55. The van der Waals surface area contributed by atoms with Gasteiger partial charge in [0.2, 0.25) is 0 Å². The minimum absolute atomic E-state index is 0.225. The third-order valence-electron chi connectivity index (χ3n) is 2.59. The molecular weight excluding hydrogens is 258 g/mol. The Labute approximate surface area is 117 Å². The first-order valence-corrected chi connectivity index (χ1v) is 6.36. The number of aromatic nitrogens is 4. The van der Waals surface area contributed by atoms with Gasteiger partial charge < -0.3 is 10.1 Å². The topological polar surface area (TPSA) is 81.9 Å². The zero-order chi connectivity index (χ0) is 14.5. The number of hydrogen-bond acceptors (Lipinski definition) is 6. The van der Waals surface area contributed by atoms with Crippen LogP contribution in [0.3, 0.4) is 0 Å². The normalized spacial score (nSPS) is 10.3. The van der Waals surface area contributed by atoms with Crippen molar-refractivity contribution in [2.75, 3.05) is 12.4 Å². The van der Waals surface area contributed by atoms with Gasteiger partial charge in [-0.2, -0.15) is 5.10 Å². The molecule has 0 aliphatic heterocycles. The van der Waals surface area contributed by atoms with Crippen LogP contribution in [0.2, 0.25) is 0 Å². The van der Waals surface area contributed by atoms with E-state index in [4.69, 9.17) is 0 Å². The summed E-state index contributed by atoms with van der Waals surface area (Å²) in [4.78, 5) is 19.8. The second-order valence-electron chi connectivity index (χ2n) is 4.29. The Bertz CT molecular complexity index is 609. The van der Waals surface area contributed by atoms with Crippen LogP contribution >= 0.6 is 0 Å². The van der Waals surface area contributed by atoms with E-state index in [0.29, 0.717) is 11.6 Å². The molecule has 20 heavy (non-hydrogen) atoms. The molecule has 0 aliphatic carbocycles. The van der Waals surface area contributed by atoms with Gasteiger partial charge in [0, 0.05) is 18.8 Å². The summed E-state index contributed by atoms with van der Waals surface area (Å²) >= 11 is 0. The van der Waals surface area contributed by atoms with Crippen molar-refractivity contribution in [2.24, 2.45) is 0 Å². The Morgan fingerprint density at radius 2 is 2.25 bits per heavy atom. The number of hydrogen-bond donors (Lipinski definition) is 1. The summed E-state index contributed by atoms with van der Waals surface area (Å²) in [5.41, 5.74) is 1.04. The van der Waals surface area contributed by atoms with E-state index in [9.17, 15) is 4.79 Å². The fourth-order valence-corrected chi connectivity index (χ4v) is 1.77. The largest absolute Gasteiger partial charge is 0.464 e. The van der Waals surface area contributed by atoms with Crippen molar-refractivity contribution in [1.29, 1.82) is 0 Å². The van der Waals surface area contributed by atoms with E-state index in [1.54, 1.807) is 19.2 Å². The molecule has 106 valence electrons. The van der Waals surface area contributed by atoms with E-state index in [1.165, 1.54) is 7.11 Å². The maximum Gasteiger partial charge on any atom is 0.356 e. The lowest BCUT2D eigenvalue weighted by Gasteiger charge is -2.05. The van der Waals surface area contributed by atoms with E-state index < -0.39 is 5.97 Å². The number of aryl methyl sites for hydroxylation is 2. The monoisotopic (exact) mass is 275 g/mol. The highest BCUT2D eigenvalue weighted by Gasteiger charge is 2.11. The fraction of sp³-hybridized carbons (Fsp3) is 0.385. The van der Waals surface area contributed by atoms with E-state index in [2.05, 4.69) is 32.0 Å². The molecule has 7 nitrogen and oxygen atoms in total. The number of esters is 1. The number of nitrogens with zero attached hydrogens (tertiary/aromatic N) is 4. The molecule has 0 atom stereocenters. The molecule has 2 heterocycles. The summed E-state index contributed by atoms with van der Waals surface area (Å²) in [6.45, 7) is 4.67. The number of rotatable bonds is 5. The van der Waals surface area contributed by atoms with Gasteiger partial charge in [0.15, 0.2) is 5.69 Å². The van der Waals surface area contributed by atoms with Crippen molar-refractivity contribution >= 4 is 17.5 Å². The number of carbonyl (C=O) groups excluding carboxylic acids is 1. The van der Waals surface area contributed by atoms with E-state index in [0.717, 1.165) is 18.7 Å². The van der Waals surface area contributed by atoms with Gasteiger partial charge in [-0.3, -0.25) is 4.68 Å². The highest BCUT2D eigenvalue weighted by atomic mass is 16.5. The van der Waals surface area contributed by atoms with Gasteiger partial charge in [-0.15, -0.1) is 0 Å². The standard InChI is InChI=1S/C13H17N5O2/c1-4-5-18-8-10(7-14-18)17-12-6-11(13(19)20-3)15-9(2)16-12/h6-8H,4-5H2,1-3H3,(H,15,16,17). The van der Waals surface area contributed by atoms with Crippen LogP contribution in [0, 0.1) is 6.92 Å². The molecule has 2 aromatic heterocycles. The number of carbonyl (C=O) groups is 1. The predicted octanol–water partition coefficient (Wildman–Crippen LogP) is 1.92. The van der Waals surface area contributed by atoms with Gasteiger partial charge in [0.05, 0.1) is 19.0 Å². The molecule has 0 aliphatic rings. The summed E-state index contributed by atoms with van der Waals surface area (Å²) in [5.74, 6) is 0.547. The summed E-state index contributed by atoms with van der Waals surface area (Å²) in [7, 11) is 1.32. The Morgan fingerprint density at radius 3 is 2.95 bits per heavy atom. The first-order valence-electron chi connectivity index (χ1n) is 6.36. The molecule has 2 aromatic rings. The minimum Gasteiger partial charge on any atom is -0.464 e. The van der Waals surface area contributed by atoms with Gasteiger partial charge in [-0.25, -0.2) is 14.8 Å². The number of nitrogens with one attached hydrogen (secondary N) is 1. The number of ether oxygens (including phenoxy) is 1. The molecule has 0 bridgehead atoms. The predicted molar refractivity (Wildman–Crippen MR) is 73.9 cm³/mol. The van der Waals surface area contributed by atoms with Crippen molar-refractivity contribution in [3.8, 4) is 0 Å². The van der Waals surface area contributed by atoms with Crippen LogP contribution in [0.4, 0.5) is 11.5 Å². The van der Waals surface area contributed by atoms with Crippen molar-refractivity contribution in [3.63, 3.8) is 0 Å².